The molecule has 2 aliphatic heterocycles. The summed E-state index contributed by atoms with van der Waals surface area (Å²) in [5.74, 6) is 0.123. The number of rotatable bonds is 4. The molecule has 0 saturated carbocycles. The van der Waals surface area contributed by atoms with Gasteiger partial charge in [-0.3, -0.25) is 14.5 Å². The van der Waals surface area contributed by atoms with Crippen molar-refractivity contribution < 1.29 is 9.59 Å². The lowest BCUT2D eigenvalue weighted by molar-refractivity contribution is -0.133. The Hall–Kier alpha value is -2.74. The van der Waals surface area contributed by atoms with E-state index in [2.05, 4.69) is 15.1 Å². The number of carbonyl (C=O) groups is 2. The minimum absolute atomic E-state index is 0.0910. The van der Waals surface area contributed by atoms with Gasteiger partial charge in [-0.25, -0.2) is 0 Å². The fourth-order valence-corrected chi connectivity index (χ4v) is 3.95. The quantitative estimate of drug-likeness (QED) is 0.780. The van der Waals surface area contributed by atoms with Gasteiger partial charge in [0.15, 0.2) is 5.69 Å². The molecule has 8 heteroatoms. The van der Waals surface area contributed by atoms with Crippen LogP contribution in [0.3, 0.4) is 0 Å². The SMILES string of the molecule is Cc1nn(-c2ccccc2)nc1C(=O)N1CCN(CC(=O)N2CCCCC2)CC1. The first kappa shape index (κ1) is 19.6. The molecule has 0 unspecified atom stereocenters. The summed E-state index contributed by atoms with van der Waals surface area (Å²) in [7, 11) is 0. The minimum atomic E-state index is -0.0910. The van der Waals surface area contributed by atoms with E-state index in [1.165, 1.54) is 11.2 Å². The van der Waals surface area contributed by atoms with Crippen molar-refractivity contribution in [2.45, 2.75) is 26.2 Å². The van der Waals surface area contributed by atoms with Gasteiger partial charge in [0.2, 0.25) is 5.91 Å². The van der Waals surface area contributed by atoms with Gasteiger partial charge in [-0.05, 0) is 38.3 Å². The monoisotopic (exact) mass is 396 g/mol. The summed E-state index contributed by atoms with van der Waals surface area (Å²) >= 11 is 0. The molecule has 2 fully saturated rings. The molecule has 2 aromatic rings. The Morgan fingerprint density at radius 1 is 0.862 bits per heavy atom. The van der Waals surface area contributed by atoms with E-state index in [4.69, 9.17) is 0 Å². The highest BCUT2D eigenvalue weighted by molar-refractivity contribution is 5.93. The van der Waals surface area contributed by atoms with Crippen LogP contribution in [0.15, 0.2) is 30.3 Å². The maximum absolute atomic E-state index is 13.0. The van der Waals surface area contributed by atoms with Crippen LogP contribution < -0.4 is 0 Å². The van der Waals surface area contributed by atoms with Crippen LogP contribution in [0.4, 0.5) is 0 Å². The Kier molecular flexibility index (Phi) is 5.89. The lowest BCUT2D eigenvalue weighted by atomic mass is 10.1. The van der Waals surface area contributed by atoms with Gasteiger partial charge < -0.3 is 9.80 Å². The molecule has 0 aliphatic carbocycles. The van der Waals surface area contributed by atoms with Crippen molar-refractivity contribution in [2.24, 2.45) is 0 Å². The molecule has 1 aromatic heterocycles. The Morgan fingerprint density at radius 2 is 1.55 bits per heavy atom. The first-order valence-electron chi connectivity index (χ1n) is 10.4. The second-order valence-electron chi connectivity index (χ2n) is 7.77. The van der Waals surface area contributed by atoms with Gasteiger partial charge >= 0.3 is 0 Å². The largest absolute Gasteiger partial charge is 0.342 e. The molecule has 0 bridgehead atoms. The number of piperazine rings is 1. The van der Waals surface area contributed by atoms with Crippen molar-refractivity contribution in [3.63, 3.8) is 0 Å². The second-order valence-corrected chi connectivity index (χ2v) is 7.77. The predicted molar refractivity (Wildman–Crippen MR) is 109 cm³/mol. The molecule has 2 saturated heterocycles. The number of hydrogen-bond donors (Lipinski definition) is 0. The van der Waals surface area contributed by atoms with E-state index in [-0.39, 0.29) is 11.8 Å². The van der Waals surface area contributed by atoms with Crippen molar-refractivity contribution in [1.82, 2.24) is 29.7 Å². The van der Waals surface area contributed by atoms with Gasteiger partial charge in [-0.2, -0.15) is 9.90 Å². The maximum Gasteiger partial charge on any atom is 0.276 e. The zero-order valence-corrected chi connectivity index (χ0v) is 17.0. The topological polar surface area (TPSA) is 74.6 Å². The van der Waals surface area contributed by atoms with E-state index >= 15 is 0 Å². The highest BCUT2D eigenvalue weighted by Crippen LogP contribution is 2.13. The number of para-hydroxylation sites is 1. The van der Waals surface area contributed by atoms with Crippen LogP contribution in [0.1, 0.15) is 35.4 Å². The molecular weight excluding hydrogens is 368 g/mol. The molecule has 8 nitrogen and oxygen atoms in total. The zero-order chi connectivity index (χ0) is 20.2. The summed E-state index contributed by atoms with van der Waals surface area (Å²) in [6.07, 6.45) is 3.44. The number of aromatic nitrogens is 3. The molecule has 3 heterocycles. The fourth-order valence-electron chi connectivity index (χ4n) is 3.95. The summed E-state index contributed by atoms with van der Waals surface area (Å²) in [6.45, 7) is 6.64. The summed E-state index contributed by atoms with van der Waals surface area (Å²) in [5.41, 5.74) is 1.85. The fraction of sp³-hybridized carbons (Fsp3) is 0.524. The van der Waals surface area contributed by atoms with Gasteiger partial charge in [0.25, 0.3) is 5.91 Å². The lowest BCUT2D eigenvalue weighted by Crippen LogP contribution is -2.52. The first-order chi connectivity index (χ1) is 14.1. The number of piperidine rings is 1. The number of aryl methyl sites for hydroxylation is 1. The summed E-state index contributed by atoms with van der Waals surface area (Å²) in [5, 5.41) is 8.82. The molecule has 2 aliphatic rings. The zero-order valence-electron chi connectivity index (χ0n) is 17.0. The van der Waals surface area contributed by atoms with Gasteiger partial charge in [-0.1, -0.05) is 18.2 Å². The summed E-state index contributed by atoms with van der Waals surface area (Å²) < 4.78 is 0. The third-order valence-electron chi connectivity index (χ3n) is 5.70. The van der Waals surface area contributed by atoms with Crippen molar-refractivity contribution in [3.05, 3.63) is 41.7 Å². The standard InChI is InChI=1S/C21H28N6O2/c1-17-20(23-27(22-17)18-8-4-2-5-9-18)21(29)26-14-12-24(13-15-26)16-19(28)25-10-6-3-7-11-25/h2,4-5,8-9H,3,6-7,10-16H2,1H3. The Morgan fingerprint density at radius 3 is 2.24 bits per heavy atom. The van der Waals surface area contributed by atoms with Crippen LogP contribution in [-0.2, 0) is 4.79 Å². The normalized spacial score (nSPS) is 18.1. The molecule has 4 rings (SSSR count). The van der Waals surface area contributed by atoms with Crippen molar-refractivity contribution in [2.75, 3.05) is 45.8 Å². The van der Waals surface area contributed by atoms with Crippen molar-refractivity contribution in [3.8, 4) is 5.69 Å². The van der Waals surface area contributed by atoms with Crippen LogP contribution in [-0.4, -0.2) is 87.3 Å². The van der Waals surface area contributed by atoms with Gasteiger partial charge in [0, 0.05) is 39.3 Å². The second kappa shape index (κ2) is 8.73. The smallest absolute Gasteiger partial charge is 0.276 e. The molecule has 0 spiro atoms. The van der Waals surface area contributed by atoms with E-state index in [1.807, 2.05) is 47.1 Å². The highest BCUT2D eigenvalue weighted by atomic mass is 16.2. The lowest BCUT2D eigenvalue weighted by Gasteiger charge is -2.35. The van der Waals surface area contributed by atoms with Gasteiger partial charge in [0.1, 0.15) is 0 Å². The molecule has 2 amide bonds. The number of nitrogens with zero attached hydrogens (tertiary/aromatic N) is 6. The maximum atomic E-state index is 13.0. The number of carbonyl (C=O) groups excluding carboxylic acids is 2. The van der Waals surface area contributed by atoms with Crippen LogP contribution in [0, 0.1) is 6.92 Å². The number of benzene rings is 1. The van der Waals surface area contributed by atoms with Gasteiger partial charge in [-0.15, -0.1) is 5.10 Å². The molecular formula is C21H28N6O2. The molecule has 0 radical (unpaired) electrons. The Labute approximate surface area is 171 Å². The van der Waals surface area contributed by atoms with E-state index in [0.29, 0.717) is 44.1 Å². The Balaban J connectivity index is 1.33. The third kappa shape index (κ3) is 4.48. The van der Waals surface area contributed by atoms with Crippen LogP contribution in [0.5, 0.6) is 0 Å². The summed E-state index contributed by atoms with van der Waals surface area (Å²) in [6, 6.07) is 9.58. The number of hydrogen-bond acceptors (Lipinski definition) is 5. The van der Waals surface area contributed by atoms with Crippen molar-refractivity contribution in [1.29, 1.82) is 0 Å². The van der Waals surface area contributed by atoms with E-state index < -0.39 is 0 Å². The summed E-state index contributed by atoms with van der Waals surface area (Å²) in [4.78, 5) is 32.9. The van der Waals surface area contributed by atoms with E-state index in [1.54, 1.807) is 0 Å². The molecule has 0 N–H and O–H groups in total. The van der Waals surface area contributed by atoms with Crippen LogP contribution in [0.2, 0.25) is 0 Å². The predicted octanol–water partition coefficient (Wildman–Crippen LogP) is 1.35. The van der Waals surface area contributed by atoms with E-state index in [0.717, 1.165) is 31.6 Å². The number of likely N-dealkylation sites (tertiary alicyclic amines) is 1. The molecule has 1 aromatic carbocycles. The van der Waals surface area contributed by atoms with Crippen LogP contribution in [0.25, 0.3) is 5.69 Å². The number of amides is 2. The Bertz CT molecular complexity index is 851. The highest BCUT2D eigenvalue weighted by Gasteiger charge is 2.28. The first-order valence-corrected chi connectivity index (χ1v) is 10.4. The third-order valence-corrected chi connectivity index (χ3v) is 5.70. The van der Waals surface area contributed by atoms with Crippen LogP contribution >= 0.6 is 0 Å². The van der Waals surface area contributed by atoms with Crippen molar-refractivity contribution >= 4 is 11.8 Å². The van der Waals surface area contributed by atoms with Gasteiger partial charge in [0.05, 0.1) is 17.9 Å². The average Bonchev–Trinajstić information content (AvgIpc) is 3.16. The minimum Gasteiger partial charge on any atom is -0.342 e. The molecule has 29 heavy (non-hydrogen) atoms. The molecule has 154 valence electrons. The molecule has 0 atom stereocenters. The average molecular weight is 396 g/mol. The van der Waals surface area contributed by atoms with E-state index in [9.17, 15) is 9.59 Å².